The molecule has 0 amide bonds. The Balaban J connectivity index is 2.85. The number of hydrogen-bond acceptors (Lipinski definition) is 4. The molecule has 0 aromatic carbocycles. The lowest BCUT2D eigenvalue weighted by Crippen LogP contribution is -2.34. The van der Waals surface area contributed by atoms with E-state index in [4.69, 9.17) is 10.4 Å². The van der Waals surface area contributed by atoms with Gasteiger partial charge in [-0.1, -0.05) is 31.1 Å². The molecule has 1 fully saturated rings. The van der Waals surface area contributed by atoms with Gasteiger partial charge in [-0.2, -0.15) is 0 Å². The van der Waals surface area contributed by atoms with Crippen LogP contribution in [0.3, 0.4) is 0 Å². The Kier molecular flexibility index (Phi) is 3.49. The van der Waals surface area contributed by atoms with Gasteiger partial charge in [0.05, 0.1) is 11.4 Å². The van der Waals surface area contributed by atoms with E-state index in [0.29, 0.717) is 18.8 Å². The molecule has 2 atom stereocenters. The topological polar surface area (TPSA) is 65.2 Å². The Labute approximate surface area is 84.3 Å². The third-order valence-electron chi connectivity index (χ3n) is 3.00. The number of rotatable bonds is 1. The van der Waals surface area contributed by atoms with Gasteiger partial charge in [-0.25, -0.2) is 0 Å². The average Bonchev–Trinajstić information content (AvgIpc) is 2.16. The van der Waals surface area contributed by atoms with Gasteiger partial charge in [0.15, 0.2) is 0 Å². The smallest absolute Gasteiger partial charge is 0.0614 e. The van der Waals surface area contributed by atoms with Crippen molar-refractivity contribution in [3.63, 3.8) is 0 Å². The van der Waals surface area contributed by atoms with E-state index in [-0.39, 0.29) is 11.8 Å². The first-order valence-corrected chi connectivity index (χ1v) is 5.01. The molecule has 1 aliphatic carbocycles. The Bertz CT molecular complexity index is 259. The molecule has 1 saturated carbocycles. The molecule has 1 rings (SSSR count). The highest BCUT2D eigenvalue weighted by atomic mass is 16.4. The molecule has 0 spiro atoms. The van der Waals surface area contributed by atoms with Crippen LogP contribution in [0.2, 0.25) is 0 Å². The molecule has 1 aliphatic rings. The summed E-state index contributed by atoms with van der Waals surface area (Å²) in [5.74, 6) is 0.799. The van der Waals surface area contributed by atoms with Crippen LogP contribution in [0.4, 0.5) is 0 Å². The third-order valence-corrected chi connectivity index (χ3v) is 3.00. The SMILES string of the molecule is CC1C/C(=N\O)C(C(C)C)C/C1=N\O. The van der Waals surface area contributed by atoms with Crippen LogP contribution >= 0.6 is 0 Å². The normalized spacial score (nSPS) is 34.3. The predicted octanol–water partition coefficient (Wildman–Crippen LogP) is 2.35. The van der Waals surface area contributed by atoms with Crippen molar-refractivity contribution in [3.8, 4) is 0 Å². The standard InChI is InChI=1S/C10H18N2O2/c1-6(2)8-5-9(11-13)7(3)4-10(8)12-14/h6-8,13-14H,4-5H2,1-3H3/b11-9+,12-10+. The lowest BCUT2D eigenvalue weighted by atomic mass is 9.75. The zero-order valence-corrected chi connectivity index (χ0v) is 8.94. The number of oxime groups is 2. The van der Waals surface area contributed by atoms with E-state index >= 15 is 0 Å². The Morgan fingerprint density at radius 2 is 1.71 bits per heavy atom. The second kappa shape index (κ2) is 4.44. The van der Waals surface area contributed by atoms with Crippen molar-refractivity contribution in [2.24, 2.45) is 28.1 Å². The summed E-state index contributed by atoms with van der Waals surface area (Å²) in [6, 6.07) is 0. The van der Waals surface area contributed by atoms with Gasteiger partial charge in [0, 0.05) is 11.8 Å². The second-order valence-corrected chi connectivity index (χ2v) is 4.34. The largest absolute Gasteiger partial charge is 0.411 e. The van der Waals surface area contributed by atoms with Gasteiger partial charge in [-0.3, -0.25) is 0 Å². The number of nitrogens with zero attached hydrogens (tertiary/aromatic N) is 2. The van der Waals surface area contributed by atoms with Crippen LogP contribution in [0.1, 0.15) is 33.6 Å². The van der Waals surface area contributed by atoms with Gasteiger partial charge < -0.3 is 10.4 Å². The van der Waals surface area contributed by atoms with E-state index in [9.17, 15) is 0 Å². The van der Waals surface area contributed by atoms with Crippen molar-refractivity contribution < 1.29 is 10.4 Å². The average molecular weight is 198 g/mol. The molecule has 4 nitrogen and oxygen atoms in total. The summed E-state index contributed by atoms with van der Waals surface area (Å²) in [5, 5.41) is 24.3. The highest BCUT2D eigenvalue weighted by molar-refractivity contribution is 6.00. The Morgan fingerprint density at radius 1 is 1.14 bits per heavy atom. The summed E-state index contributed by atoms with van der Waals surface area (Å²) in [6.45, 7) is 6.15. The minimum absolute atomic E-state index is 0.181. The van der Waals surface area contributed by atoms with Crippen LogP contribution < -0.4 is 0 Å². The summed E-state index contributed by atoms with van der Waals surface area (Å²) >= 11 is 0. The summed E-state index contributed by atoms with van der Waals surface area (Å²) in [7, 11) is 0. The van der Waals surface area contributed by atoms with Crippen molar-refractivity contribution in [2.75, 3.05) is 0 Å². The van der Waals surface area contributed by atoms with E-state index in [0.717, 1.165) is 11.4 Å². The molecule has 0 aromatic rings. The summed E-state index contributed by atoms with van der Waals surface area (Å²) < 4.78 is 0. The molecular formula is C10H18N2O2. The maximum atomic E-state index is 8.87. The van der Waals surface area contributed by atoms with Crippen LogP contribution in [0.25, 0.3) is 0 Å². The lowest BCUT2D eigenvalue weighted by molar-refractivity contribution is 0.298. The minimum atomic E-state index is 0.181. The quantitative estimate of drug-likeness (QED) is 0.501. The van der Waals surface area contributed by atoms with E-state index in [1.807, 2.05) is 6.92 Å². The molecule has 0 radical (unpaired) electrons. The van der Waals surface area contributed by atoms with E-state index in [1.54, 1.807) is 0 Å². The maximum Gasteiger partial charge on any atom is 0.0614 e. The van der Waals surface area contributed by atoms with Crippen molar-refractivity contribution >= 4 is 11.4 Å². The third kappa shape index (κ3) is 2.05. The minimum Gasteiger partial charge on any atom is -0.411 e. The van der Waals surface area contributed by atoms with E-state index in [1.165, 1.54) is 0 Å². The second-order valence-electron chi connectivity index (χ2n) is 4.34. The molecule has 0 bridgehead atoms. The first kappa shape index (κ1) is 11.0. The fourth-order valence-corrected chi connectivity index (χ4v) is 2.00. The van der Waals surface area contributed by atoms with Crippen LogP contribution in [0, 0.1) is 17.8 Å². The van der Waals surface area contributed by atoms with Gasteiger partial charge in [0.2, 0.25) is 0 Å². The maximum absolute atomic E-state index is 8.87. The van der Waals surface area contributed by atoms with Gasteiger partial charge in [0.1, 0.15) is 0 Å². The lowest BCUT2D eigenvalue weighted by Gasteiger charge is -2.30. The predicted molar refractivity (Wildman–Crippen MR) is 55.2 cm³/mol. The van der Waals surface area contributed by atoms with Crippen LogP contribution in [0.15, 0.2) is 10.3 Å². The number of hydrogen-bond donors (Lipinski definition) is 2. The van der Waals surface area contributed by atoms with Crippen LogP contribution in [0.5, 0.6) is 0 Å². The van der Waals surface area contributed by atoms with Crippen molar-refractivity contribution in [1.29, 1.82) is 0 Å². The van der Waals surface area contributed by atoms with E-state index in [2.05, 4.69) is 24.2 Å². The van der Waals surface area contributed by atoms with Gasteiger partial charge in [-0.15, -0.1) is 0 Å². The van der Waals surface area contributed by atoms with Crippen molar-refractivity contribution in [3.05, 3.63) is 0 Å². The molecule has 2 N–H and O–H groups in total. The first-order chi connectivity index (χ1) is 6.60. The van der Waals surface area contributed by atoms with Crippen LogP contribution in [-0.4, -0.2) is 21.8 Å². The summed E-state index contributed by atoms with van der Waals surface area (Å²) in [5.41, 5.74) is 1.65. The van der Waals surface area contributed by atoms with Gasteiger partial charge >= 0.3 is 0 Å². The first-order valence-electron chi connectivity index (χ1n) is 5.01. The molecular weight excluding hydrogens is 180 g/mol. The molecule has 0 saturated heterocycles. The highest BCUT2D eigenvalue weighted by Crippen LogP contribution is 2.29. The zero-order chi connectivity index (χ0) is 10.7. The monoisotopic (exact) mass is 198 g/mol. The van der Waals surface area contributed by atoms with Gasteiger partial charge in [0.25, 0.3) is 0 Å². The van der Waals surface area contributed by atoms with Gasteiger partial charge in [-0.05, 0) is 18.8 Å². The van der Waals surface area contributed by atoms with E-state index < -0.39 is 0 Å². The molecule has 0 heterocycles. The van der Waals surface area contributed by atoms with Crippen molar-refractivity contribution in [1.82, 2.24) is 0 Å². The Morgan fingerprint density at radius 3 is 2.14 bits per heavy atom. The molecule has 4 heteroatoms. The molecule has 14 heavy (non-hydrogen) atoms. The highest BCUT2D eigenvalue weighted by Gasteiger charge is 2.31. The molecule has 80 valence electrons. The molecule has 2 unspecified atom stereocenters. The summed E-state index contributed by atoms with van der Waals surface area (Å²) in [6.07, 6.45) is 1.40. The Hall–Kier alpha value is -1.06. The fourth-order valence-electron chi connectivity index (χ4n) is 2.00. The van der Waals surface area contributed by atoms with Crippen LogP contribution in [-0.2, 0) is 0 Å². The molecule has 0 aliphatic heterocycles. The van der Waals surface area contributed by atoms with Crippen molar-refractivity contribution in [2.45, 2.75) is 33.6 Å². The molecule has 0 aromatic heterocycles. The fraction of sp³-hybridized carbons (Fsp3) is 0.800. The summed E-state index contributed by atoms with van der Waals surface area (Å²) in [4.78, 5) is 0. The zero-order valence-electron chi connectivity index (χ0n) is 8.94.